The molecular formula is C11H12ClNO2. The Labute approximate surface area is 94.2 Å². The fourth-order valence-electron chi connectivity index (χ4n) is 1.19. The molecule has 15 heavy (non-hydrogen) atoms. The summed E-state index contributed by atoms with van der Waals surface area (Å²) < 4.78 is 10.5. The fraction of sp³-hybridized carbons (Fsp3) is 0.364. The molecule has 1 aromatic carbocycles. The van der Waals surface area contributed by atoms with Gasteiger partial charge in [-0.15, -0.1) is 11.6 Å². The number of hydrogen-bond acceptors (Lipinski definition) is 3. The van der Waals surface area contributed by atoms with E-state index < -0.39 is 5.38 Å². The van der Waals surface area contributed by atoms with Crippen LogP contribution >= 0.6 is 11.6 Å². The van der Waals surface area contributed by atoms with Crippen molar-refractivity contribution in [2.75, 3.05) is 13.7 Å². The highest BCUT2D eigenvalue weighted by molar-refractivity contribution is 6.22. The Morgan fingerprint density at radius 3 is 2.73 bits per heavy atom. The minimum Gasteiger partial charge on any atom is -0.493 e. The number of methoxy groups -OCH3 is 1. The Balaban J connectivity index is 3.03. The second-order valence-electron chi connectivity index (χ2n) is 2.83. The molecule has 0 saturated carbocycles. The first-order chi connectivity index (χ1) is 7.22. The Morgan fingerprint density at radius 2 is 2.20 bits per heavy atom. The van der Waals surface area contributed by atoms with Gasteiger partial charge in [0.05, 0.1) is 19.8 Å². The molecule has 0 bridgehead atoms. The molecule has 0 saturated heterocycles. The Morgan fingerprint density at radius 1 is 1.47 bits per heavy atom. The number of ether oxygens (including phenoxy) is 2. The van der Waals surface area contributed by atoms with Crippen molar-refractivity contribution < 1.29 is 9.47 Å². The van der Waals surface area contributed by atoms with E-state index in [1.165, 1.54) is 0 Å². The molecule has 0 aliphatic rings. The standard InChI is InChI=1S/C11H12ClNO2/c1-3-15-10-5-4-8(9(12)7-13)6-11(10)14-2/h4-6,9H,3H2,1-2H3. The van der Waals surface area contributed by atoms with Crippen molar-refractivity contribution in [1.82, 2.24) is 0 Å². The van der Waals surface area contributed by atoms with Crippen molar-refractivity contribution in [2.24, 2.45) is 0 Å². The maximum absolute atomic E-state index is 8.67. The molecule has 0 aliphatic carbocycles. The van der Waals surface area contributed by atoms with Gasteiger partial charge in [-0.05, 0) is 24.6 Å². The summed E-state index contributed by atoms with van der Waals surface area (Å²) in [6, 6.07) is 7.18. The van der Waals surface area contributed by atoms with Crippen molar-refractivity contribution in [3.8, 4) is 17.6 Å². The molecule has 1 atom stereocenters. The first-order valence-electron chi connectivity index (χ1n) is 4.57. The van der Waals surface area contributed by atoms with Gasteiger partial charge in [0.15, 0.2) is 11.5 Å². The van der Waals surface area contributed by atoms with E-state index in [9.17, 15) is 0 Å². The van der Waals surface area contributed by atoms with Crippen LogP contribution in [0.1, 0.15) is 17.9 Å². The molecule has 1 rings (SSSR count). The zero-order chi connectivity index (χ0) is 11.3. The van der Waals surface area contributed by atoms with E-state index >= 15 is 0 Å². The number of halogens is 1. The Kier molecular flexibility index (Phi) is 4.26. The summed E-state index contributed by atoms with van der Waals surface area (Å²) in [6.07, 6.45) is 0. The average molecular weight is 226 g/mol. The van der Waals surface area contributed by atoms with Crippen LogP contribution < -0.4 is 9.47 Å². The number of hydrogen-bond donors (Lipinski definition) is 0. The van der Waals surface area contributed by atoms with Gasteiger partial charge < -0.3 is 9.47 Å². The van der Waals surface area contributed by atoms with Gasteiger partial charge in [-0.3, -0.25) is 0 Å². The van der Waals surface area contributed by atoms with E-state index in [0.29, 0.717) is 23.7 Å². The maximum Gasteiger partial charge on any atom is 0.161 e. The third-order valence-electron chi connectivity index (χ3n) is 1.89. The van der Waals surface area contributed by atoms with E-state index in [1.54, 1.807) is 25.3 Å². The summed E-state index contributed by atoms with van der Waals surface area (Å²) in [6.45, 7) is 2.46. The molecule has 4 heteroatoms. The lowest BCUT2D eigenvalue weighted by Gasteiger charge is -2.10. The Bertz CT molecular complexity index is 373. The van der Waals surface area contributed by atoms with Crippen molar-refractivity contribution in [2.45, 2.75) is 12.3 Å². The molecule has 0 radical (unpaired) electrons. The zero-order valence-electron chi connectivity index (χ0n) is 8.66. The van der Waals surface area contributed by atoms with Crippen LogP contribution in [0.4, 0.5) is 0 Å². The molecule has 0 aromatic heterocycles. The second-order valence-corrected chi connectivity index (χ2v) is 3.27. The molecule has 80 valence electrons. The Hall–Kier alpha value is -1.40. The highest BCUT2D eigenvalue weighted by Gasteiger charge is 2.10. The van der Waals surface area contributed by atoms with E-state index in [-0.39, 0.29) is 0 Å². The van der Waals surface area contributed by atoms with Gasteiger partial charge in [0.2, 0.25) is 0 Å². The van der Waals surface area contributed by atoms with Gasteiger partial charge in [-0.1, -0.05) is 6.07 Å². The van der Waals surface area contributed by atoms with Gasteiger partial charge in [0.1, 0.15) is 5.38 Å². The summed E-state index contributed by atoms with van der Waals surface area (Å²) in [5.74, 6) is 1.25. The van der Waals surface area contributed by atoms with Gasteiger partial charge in [-0.25, -0.2) is 0 Å². The van der Waals surface area contributed by atoms with Crippen molar-refractivity contribution in [1.29, 1.82) is 5.26 Å². The predicted molar refractivity (Wildman–Crippen MR) is 58.4 cm³/mol. The summed E-state index contributed by atoms with van der Waals surface area (Å²) in [5.41, 5.74) is 0.708. The maximum atomic E-state index is 8.67. The van der Waals surface area contributed by atoms with E-state index in [0.717, 1.165) is 0 Å². The van der Waals surface area contributed by atoms with E-state index in [2.05, 4.69) is 0 Å². The highest BCUT2D eigenvalue weighted by Crippen LogP contribution is 2.31. The van der Waals surface area contributed by atoms with E-state index in [4.69, 9.17) is 26.3 Å². The monoisotopic (exact) mass is 225 g/mol. The number of benzene rings is 1. The normalized spacial score (nSPS) is 11.6. The van der Waals surface area contributed by atoms with Crippen LogP contribution in [0.25, 0.3) is 0 Å². The van der Waals surface area contributed by atoms with Gasteiger partial charge in [-0.2, -0.15) is 5.26 Å². The summed E-state index contributed by atoms with van der Waals surface area (Å²) in [4.78, 5) is 0. The lowest BCUT2D eigenvalue weighted by atomic mass is 10.1. The molecule has 3 nitrogen and oxygen atoms in total. The van der Waals surface area contributed by atoms with Crippen molar-refractivity contribution >= 4 is 11.6 Å². The van der Waals surface area contributed by atoms with E-state index in [1.807, 2.05) is 13.0 Å². The minimum atomic E-state index is -0.658. The molecule has 0 amide bonds. The lowest BCUT2D eigenvalue weighted by Crippen LogP contribution is -1.96. The van der Waals surface area contributed by atoms with Crippen molar-refractivity contribution in [3.05, 3.63) is 23.8 Å². The van der Waals surface area contributed by atoms with Gasteiger partial charge in [0.25, 0.3) is 0 Å². The predicted octanol–water partition coefficient (Wildman–Crippen LogP) is 2.90. The second kappa shape index (κ2) is 5.47. The molecular weight excluding hydrogens is 214 g/mol. The minimum absolute atomic E-state index is 0.568. The topological polar surface area (TPSA) is 42.2 Å². The SMILES string of the molecule is CCOc1ccc(C(Cl)C#N)cc1OC. The van der Waals surface area contributed by atoms with Crippen LogP contribution in [0.3, 0.4) is 0 Å². The van der Waals surface area contributed by atoms with Crippen LogP contribution in [-0.2, 0) is 0 Å². The van der Waals surface area contributed by atoms with Crippen LogP contribution in [-0.4, -0.2) is 13.7 Å². The molecule has 1 aromatic rings. The quantitative estimate of drug-likeness (QED) is 0.740. The molecule has 0 spiro atoms. The van der Waals surface area contributed by atoms with Crippen molar-refractivity contribution in [3.63, 3.8) is 0 Å². The largest absolute Gasteiger partial charge is 0.493 e. The highest BCUT2D eigenvalue weighted by atomic mass is 35.5. The summed E-state index contributed by atoms with van der Waals surface area (Å²) in [7, 11) is 1.55. The summed E-state index contributed by atoms with van der Waals surface area (Å²) in [5, 5.41) is 8.01. The molecule has 0 N–H and O–H groups in total. The lowest BCUT2D eigenvalue weighted by molar-refractivity contribution is 0.310. The van der Waals surface area contributed by atoms with Crippen LogP contribution in [0.2, 0.25) is 0 Å². The number of rotatable bonds is 4. The van der Waals surface area contributed by atoms with Gasteiger partial charge in [0, 0.05) is 0 Å². The average Bonchev–Trinajstić information content (AvgIpc) is 2.29. The van der Waals surface area contributed by atoms with Crippen LogP contribution in [0.5, 0.6) is 11.5 Å². The first kappa shape index (κ1) is 11.7. The fourth-order valence-corrected chi connectivity index (χ4v) is 1.33. The summed E-state index contributed by atoms with van der Waals surface area (Å²) >= 11 is 5.79. The zero-order valence-corrected chi connectivity index (χ0v) is 9.41. The third kappa shape index (κ3) is 2.77. The molecule has 0 heterocycles. The third-order valence-corrected chi connectivity index (χ3v) is 2.24. The number of nitrogens with zero attached hydrogens (tertiary/aromatic N) is 1. The molecule has 0 aliphatic heterocycles. The van der Waals surface area contributed by atoms with Crippen LogP contribution in [0, 0.1) is 11.3 Å². The van der Waals surface area contributed by atoms with Crippen LogP contribution in [0.15, 0.2) is 18.2 Å². The first-order valence-corrected chi connectivity index (χ1v) is 5.01. The molecule has 0 fully saturated rings. The smallest absolute Gasteiger partial charge is 0.161 e. The number of alkyl halides is 1. The van der Waals surface area contributed by atoms with Gasteiger partial charge >= 0.3 is 0 Å². The number of nitriles is 1. The molecule has 1 unspecified atom stereocenters.